The van der Waals surface area contributed by atoms with Crippen LogP contribution in [0.15, 0.2) is 18.3 Å². The Balaban J connectivity index is 1.74. The Morgan fingerprint density at radius 1 is 1.12 bits per heavy atom. The van der Waals surface area contributed by atoms with E-state index in [9.17, 15) is 35.9 Å². The molecule has 2 unspecified atom stereocenters. The van der Waals surface area contributed by atoms with Crippen LogP contribution in [-0.2, 0) is 17.5 Å². The highest BCUT2D eigenvalue weighted by molar-refractivity contribution is 6.02. The van der Waals surface area contributed by atoms with Crippen molar-refractivity contribution in [3.05, 3.63) is 29.6 Å². The van der Waals surface area contributed by atoms with E-state index in [1.54, 1.807) is 0 Å². The second kappa shape index (κ2) is 8.94. The fourth-order valence-corrected chi connectivity index (χ4v) is 3.81. The second-order valence-electron chi connectivity index (χ2n) is 7.75. The van der Waals surface area contributed by atoms with Crippen molar-refractivity contribution in [2.75, 3.05) is 13.1 Å². The van der Waals surface area contributed by atoms with Crippen LogP contribution in [0.2, 0.25) is 0 Å². The van der Waals surface area contributed by atoms with E-state index >= 15 is 0 Å². The molecule has 0 radical (unpaired) electrons. The summed E-state index contributed by atoms with van der Waals surface area (Å²) in [5.41, 5.74) is -0.898. The van der Waals surface area contributed by atoms with E-state index in [1.807, 2.05) is 0 Å². The van der Waals surface area contributed by atoms with Crippen LogP contribution < -0.4 is 5.32 Å². The number of hydrogen-bond acceptors (Lipinski definition) is 4. The number of nitrogens with zero attached hydrogens (tertiary/aromatic N) is 3. The summed E-state index contributed by atoms with van der Waals surface area (Å²) in [5, 5.41) is 10.4. The second-order valence-corrected chi connectivity index (χ2v) is 7.75. The Bertz CT molecular complexity index is 864. The lowest BCUT2D eigenvalue weighted by Gasteiger charge is -2.40. The zero-order valence-electron chi connectivity index (χ0n) is 16.8. The maximum absolute atomic E-state index is 13.3. The molecule has 2 saturated heterocycles. The molecule has 2 atom stereocenters. The van der Waals surface area contributed by atoms with Crippen LogP contribution in [0.5, 0.6) is 0 Å². The molecule has 2 fully saturated rings. The van der Waals surface area contributed by atoms with E-state index in [-0.39, 0.29) is 12.1 Å². The Hall–Kier alpha value is -2.86. The number of pyridine rings is 1. The average Bonchev–Trinajstić information content (AvgIpc) is 3.24. The van der Waals surface area contributed by atoms with Gasteiger partial charge in [0.05, 0.1) is 5.92 Å². The summed E-state index contributed by atoms with van der Waals surface area (Å²) in [6.07, 6.45) is -8.33. The Morgan fingerprint density at radius 3 is 2.31 bits per heavy atom. The van der Waals surface area contributed by atoms with Crippen LogP contribution in [0.25, 0.3) is 0 Å². The number of nitrogens with one attached hydrogen (secondary N) is 2. The fourth-order valence-electron chi connectivity index (χ4n) is 3.81. The SMILES string of the molecule is N=C1CC(C(F)(F)F)CC(C(=O)N2CCCC2)N1C(=O)NCc1ccc(C(F)(F)F)nc1. The molecule has 1 aromatic heterocycles. The number of urea groups is 1. The number of hydrogen-bond donors (Lipinski definition) is 2. The van der Waals surface area contributed by atoms with Crippen molar-refractivity contribution < 1.29 is 35.9 Å². The first kappa shape index (κ1) is 23.8. The summed E-state index contributed by atoms with van der Waals surface area (Å²) in [5.74, 6) is -3.21. The van der Waals surface area contributed by atoms with Crippen molar-refractivity contribution in [3.8, 4) is 0 Å². The van der Waals surface area contributed by atoms with E-state index in [1.165, 1.54) is 4.90 Å². The molecule has 0 spiro atoms. The van der Waals surface area contributed by atoms with E-state index < -0.39 is 60.6 Å². The van der Waals surface area contributed by atoms with Crippen LogP contribution in [0.3, 0.4) is 0 Å². The van der Waals surface area contributed by atoms with Crippen LogP contribution in [0.4, 0.5) is 31.1 Å². The fraction of sp³-hybridized carbons (Fsp3) is 0.579. The van der Waals surface area contributed by atoms with Gasteiger partial charge in [-0.3, -0.25) is 20.1 Å². The average molecular weight is 465 g/mol. The summed E-state index contributed by atoms with van der Waals surface area (Å²) in [7, 11) is 0. The lowest BCUT2D eigenvalue weighted by atomic mass is 9.89. The molecule has 0 aromatic carbocycles. The third-order valence-corrected chi connectivity index (χ3v) is 5.49. The molecule has 0 bridgehead atoms. The zero-order valence-corrected chi connectivity index (χ0v) is 16.8. The first-order valence-electron chi connectivity index (χ1n) is 9.90. The molecule has 2 N–H and O–H groups in total. The van der Waals surface area contributed by atoms with Crippen molar-refractivity contribution in [1.29, 1.82) is 5.41 Å². The highest BCUT2D eigenvalue weighted by Crippen LogP contribution is 2.38. The number of carbonyl (C=O) groups excluding carboxylic acids is 2. The highest BCUT2D eigenvalue weighted by atomic mass is 19.4. The number of likely N-dealkylation sites (tertiary alicyclic amines) is 2. The standard InChI is InChI=1S/C19H21F6N5O2/c20-18(21,22)12-7-13(16(31)29-5-1-2-6-29)30(15(26)8-12)17(32)28-10-11-3-4-14(27-9-11)19(23,24)25/h3-4,9,12-13,26H,1-2,5-8,10H2,(H,28,32). The van der Waals surface area contributed by atoms with E-state index in [0.29, 0.717) is 25.9 Å². The van der Waals surface area contributed by atoms with Crippen LogP contribution in [0, 0.1) is 11.3 Å². The smallest absolute Gasteiger partial charge is 0.341 e. The number of rotatable bonds is 3. The maximum atomic E-state index is 13.3. The molecule has 13 heteroatoms. The summed E-state index contributed by atoms with van der Waals surface area (Å²) in [6.45, 7) is 0.457. The van der Waals surface area contributed by atoms with Gasteiger partial charge in [-0.2, -0.15) is 26.3 Å². The minimum Gasteiger partial charge on any atom is -0.341 e. The number of alkyl halides is 6. The number of amides is 3. The van der Waals surface area contributed by atoms with Gasteiger partial charge in [0.2, 0.25) is 5.91 Å². The van der Waals surface area contributed by atoms with Gasteiger partial charge < -0.3 is 10.2 Å². The summed E-state index contributed by atoms with van der Waals surface area (Å²) >= 11 is 0. The molecule has 7 nitrogen and oxygen atoms in total. The molecule has 0 saturated carbocycles. The van der Waals surface area contributed by atoms with Crippen molar-refractivity contribution >= 4 is 17.8 Å². The monoisotopic (exact) mass is 465 g/mol. The van der Waals surface area contributed by atoms with E-state index in [4.69, 9.17) is 5.41 Å². The molecule has 3 heterocycles. The normalized spacial score (nSPS) is 22.2. The van der Waals surface area contributed by atoms with Crippen molar-refractivity contribution in [3.63, 3.8) is 0 Å². The molecule has 3 rings (SSSR count). The first-order chi connectivity index (χ1) is 14.9. The number of piperidine rings is 1. The number of aromatic nitrogens is 1. The Morgan fingerprint density at radius 2 is 1.78 bits per heavy atom. The summed E-state index contributed by atoms with van der Waals surface area (Å²) in [4.78, 5) is 31.0. The lowest BCUT2D eigenvalue weighted by molar-refractivity contribution is -0.181. The molecule has 1 aromatic rings. The van der Waals surface area contributed by atoms with Gasteiger partial charge in [0.15, 0.2) is 0 Å². The minimum absolute atomic E-state index is 0.213. The van der Waals surface area contributed by atoms with Gasteiger partial charge >= 0.3 is 18.4 Å². The lowest BCUT2D eigenvalue weighted by Crippen LogP contribution is -2.59. The highest BCUT2D eigenvalue weighted by Gasteiger charge is 2.50. The number of carbonyl (C=O) groups is 2. The van der Waals surface area contributed by atoms with Gasteiger partial charge in [0, 0.05) is 32.3 Å². The first-order valence-corrected chi connectivity index (χ1v) is 9.90. The van der Waals surface area contributed by atoms with Gasteiger partial charge in [-0.25, -0.2) is 4.79 Å². The van der Waals surface area contributed by atoms with Gasteiger partial charge in [-0.15, -0.1) is 0 Å². The van der Waals surface area contributed by atoms with Gasteiger partial charge in [0.1, 0.15) is 17.6 Å². The molecular formula is C19H21F6N5O2. The topological polar surface area (TPSA) is 89.4 Å². The summed E-state index contributed by atoms with van der Waals surface area (Å²) < 4.78 is 77.8. The minimum atomic E-state index is -4.62. The molecule has 2 aliphatic heterocycles. The van der Waals surface area contributed by atoms with Crippen LogP contribution in [0.1, 0.15) is 36.9 Å². The number of halogens is 6. The molecule has 0 aliphatic carbocycles. The van der Waals surface area contributed by atoms with E-state index in [2.05, 4.69) is 10.3 Å². The van der Waals surface area contributed by atoms with E-state index in [0.717, 1.165) is 23.2 Å². The Labute approximate surface area is 179 Å². The van der Waals surface area contributed by atoms with Crippen LogP contribution >= 0.6 is 0 Å². The molecule has 2 aliphatic rings. The molecule has 176 valence electrons. The third-order valence-electron chi connectivity index (χ3n) is 5.49. The summed E-state index contributed by atoms with van der Waals surface area (Å²) in [6, 6.07) is -0.609. The van der Waals surface area contributed by atoms with Crippen molar-refractivity contribution in [2.24, 2.45) is 5.92 Å². The third kappa shape index (κ3) is 5.30. The van der Waals surface area contributed by atoms with Crippen molar-refractivity contribution in [1.82, 2.24) is 20.1 Å². The molecular weight excluding hydrogens is 444 g/mol. The molecule has 32 heavy (non-hydrogen) atoms. The van der Waals surface area contributed by atoms with Gasteiger partial charge in [-0.1, -0.05) is 6.07 Å². The Kier molecular flexibility index (Phi) is 6.65. The predicted octanol–water partition coefficient (Wildman–Crippen LogP) is 3.55. The van der Waals surface area contributed by atoms with Gasteiger partial charge in [-0.05, 0) is 30.9 Å². The van der Waals surface area contributed by atoms with Crippen LogP contribution in [-0.4, -0.2) is 57.9 Å². The number of amidine groups is 1. The maximum Gasteiger partial charge on any atom is 0.433 e. The quantitative estimate of drug-likeness (QED) is 0.670. The largest absolute Gasteiger partial charge is 0.433 e. The zero-order chi connectivity index (χ0) is 23.7. The molecule has 3 amide bonds. The van der Waals surface area contributed by atoms with Crippen molar-refractivity contribution in [2.45, 2.75) is 50.6 Å². The predicted molar refractivity (Wildman–Crippen MR) is 99.4 cm³/mol. The van der Waals surface area contributed by atoms with Gasteiger partial charge in [0.25, 0.3) is 0 Å².